The van der Waals surface area contributed by atoms with Gasteiger partial charge in [0.15, 0.2) is 0 Å². The molecule has 146 valence electrons. The third-order valence-electron chi connectivity index (χ3n) is 4.64. The van der Waals surface area contributed by atoms with Crippen molar-refractivity contribution in [2.45, 2.75) is 39.4 Å². The topological polar surface area (TPSA) is 78.9 Å². The fourth-order valence-corrected chi connectivity index (χ4v) is 3.37. The van der Waals surface area contributed by atoms with E-state index in [1.165, 1.54) is 0 Å². The van der Waals surface area contributed by atoms with Gasteiger partial charge < -0.3 is 19.1 Å². The first kappa shape index (κ1) is 19.2. The van der Waals surface area contributed by atoms with Gasteiger partial charge in [-0.25, -0.2) is 0 Å². The standard InChI is InChI=1S/C20H27N3O4/c1-15(2)11-23(13-17-4-3-8-27-17)19(24)10-18-20(25)21-6-7-22(18)12-16-5-9-26-14-16/h3-5,8-9,14-15,18H,6-7,10-13H2,1-2H3,(H,21,25)/t18-/m1/s1. The van der Waals surface area contributed by atoms with E-state index >= 15 is 0 Å². The molecule has 7 nitrogen and oxygen atoms in total. The molecule has 0 radical (unpaired) electrons. The number of hydrogen-bond donors (Lipinski definition) is 1. The van der Waals surface area contributed by atoms with Crippen LogP contribution >= 0.6 is 0 Å². The van der Waals surface area contributed by atoms with E-state index in [1.807, 2.05) is 23.1 Å². The van der Waals surface area contributed by atoms with Gasteiger partial charge in [-0.1, -0.05) is 13.8 Å². The predicted octanol–water partition coefficient (Wildman–Crippen LogP) is 2.25. The largest absolute Gasteiger partial charge is 0.472 e. The summed E-state index contributed by atoms with van der Waals surface area (Å²) in [6.45, 7) is 7.06. The molecule has 1 saturated heterocycles. The summed E-state index contributed by atoms with van der Waals surface area (Å²) in [5.41, 5.74) is 0.997. The molecule has 2 amide bonds. The first-order valence-corrected chi connectivity index (χ1v) is 9.36. The van der Waals surface area contributed by atoms with Crippen LogP contribution < -0.4 is 5.32 Å². The summed E-state index contributed by atoms with van der Waals surface area (Å²) in [4.78, 5) is 29.3. The smallest absolute Gasteiger partial charge is 0.237 e. The van der Waals surface area contributed by atoms with E-state index in [0.29, 0.717) is 38.6 Å². The Kier molecular flexibility index (Phi) is 6.34. The van der Waals surface area contributed by atoms with Crippen molar-refractivity contribution in [1.29, 1.82) is 0 Å². The molecule has 1 fully saturated rings. The Balaban J connectivity index is 1.69. The molecule has 0 aromatic carbocycles. The fraction of sp³-hybridized carbons (Fsp3) is 0.500. The molecule has 2 aromatic heterocycles. The van der Waals surface area contributed by atoms with Gasteiger partial charge in [-0.2, -0.15) is 0 Å². The summed E-state index contributed by atoms with van der Waals surface area (Å²) in [6, 6.07) is 5.08. The second-order valence-corrected chi connectivity index (χ2v) is 7.36. The zero-order valence-corrected chi connectivity index (χ0v) is 15.9. The lowest BCUT2D eigenvalue weighted by Crippen LogP contribution is -2.56. The van der Waals surface area contributed by atoms with Crippen LogP contribution in [0.5, 0.6) is 0 Å². The molecule has 3 rings (SSSR count). The van der Waals surface area contributed by atoms with Gasteiger partial charge in [-0.15, -0.1) is 0 Å². The van der Waals surface area contributed by atoms with Gasteiger partial charge >= 0.3 is 0 Å². The van der Waals surface area contributed by atoms with Crippen LogP contribution in [-0.4, -0.2) is 47.3 Å². The minimum atomic E-state index is -0.479. The van der Waals surface area contributed by atoms with Gasteiger partial charge in [0.25, 0.3) is 0 Å². The normalized spacial score (nSPS) is 17.9. The molecule has 0 bridgehead atoms. The van der Waals surface area contributed by atoms with Crippen molar-refractivity contribution in [1.82, 2.24) is 15.1 Å². The van der Waals surface area contributed by atoms with Crippen LogP contribution in [0.2, 0.25) is 0 Å². The maximum absolute atomic E-state index is 13.0. The van der Waals surface area contributed by atoms with Crippen molar-refractivity contribution in [3.63, 3.8) is 0 Å². The monoisotopic (exact) mass is 373 g/mol. The highest BCUT2D eigenvalue weighted by atomic mass is 16.3. The molecule has 0 aliphatic carbocycles. The Hall–Kier alpha value is -2.54. The van der Waals surface area contributed by atoms with Gasteiger partial charge in [0, 0.05) is 31.7 Å². The van der Waals surface area contributed by atoms with Gasteiger partial charge in [0.1, 0.15) is 5.76 Å². The molecule has 1 atom stereocenters. The van der Waals surface area contributed by atoms with Crippen molar-refractivity contribution in [2.75, 3.05) is 19.6 Å². The average molecular weight is 373 g/mol. The van der Waals surface area contributed by atoms with Crippen LogP contribution in [-0.2, 0) is 22.7 Å². The average Bonchev–Trinajstić information content (AvgIpc) is 3.31. The maximum Gasteiger partial charge on any atom is 0.237 e. The second kappa shape index (κ2) is 8.90. The third-order valence-corrected chi connectivity index (χ3v) is 4.64. The Bertz CT molecular complexity index is 725. The first-order chi connectivity index (χ1) is 13.0. The lowest BCUT2D eigenvalue weighted by Gasteiger charge is -2.35. The second-order valence-electron chi connectivity index (χ2n) is 7.36. The highest BCUT2D eigenvalue weighted by Gasteiger charge is 2.33. The zero-order valence-electron chi connectivity index (χ0n) is 15.9. The Morgan fingerprint density at radius 1 is 1.37 bits per heavy atom. The number of hydrogen-bond acceptors (Lipinski definition) is 5. The lowest BCUT2D eigenvalue weighted by molar-refractivity contribution is -0.140. The highest BCUT2D eigenvalue weighted by molar-refractivity contribution is 5.88. The Morgan fingerprint density at radius 3 is 2.89 bits per heavy atom. The molecule has 3 heterocycles. The fourth-order valence-electron chi connectivity index (χ4n) is 3.37. The molecule has 0 saturated carbocycles. The minimum Gasteiger partial charge on any atom is -0.472 e. The molecule has 2 aromatic rings. The van der Waals surface area contributed by atoms with E-state index in [1.54, 1.807) is 23.7 Å². The van der Waals surface area contributed by atoms with Crippen molar-refractivity contribution < 1.29 is 18.4 Å². The van der Waals surface area contributed by atoms with E-state index in [0.717, 1.165) is 11.3 Å². The number of amides is 2. The molecule has 0 unspecified atom stereocenters. The van der Waals surface area contributed by atoms with Crippen LogP contribution in [0.4, 0.5) is 0 Å². The molecule has 1 N–H and O–H groups in total. The van der Waals surface area contributed by atoms with E-state index in [2.05, 4.69) is 19.2 Å². The molecule has 27 heavy (non-hydrogen) atoms. The van der Waals surface area contributed by atoms with Gasteiger partial charge in [-0.3, -0.25) is 14.5 Å². The van der Waals surface area contributed by atoms with Crippen molar-refractivity contribution in [3.8, 4) is 0 Å². The molecule has 7 heteroatoms. The van der Waals surface area contributed by atoms with E-state index in [9.17, 15) is 9.59 Å². The van der Waals surface area contributed by atoms with Crippen LogP contribution in [0.15, 0.2) is 45.8 Å². The summed E-state index contributed by atoms with van der Waals surface area (Å²) in [7, 11) is 0. The Labute approximate surface area is 159 Å². The SMILES string of the molecule is CC(C)CN(Cc1ccco1)C(=O)C[C@@H]1C(=O)NCCN1Cc1ccoc1. The minimum absolute atomic E-state index is 0.0423. The number of piperazine rings is 1. The van der Waals surface area contributed by atoms with Crippen LogP contribution in [0.3, 0.4) is 0 Å². The molecule has 0 spiro atoms. The summed E-state index contributed by atoms with van der Waals surface area (Å²) in [6.07, 6.45) is 5.05. The zero-order chi connectivity index (χ0) is 19.2. The molecular formula is C20H27N3O4. The molecule has 1 aliphatic rings. The summed E-state index contributed by atoms with van der Waals surface area (Å²) < 4.78 is 10.5. The van der Waals surface area contributed by atoms with Crippen molar-refractivity contribution in [3.05, 3.63) is 48.3 Å². The number of rotatable bonds is 8. The maximum atomic E-state index is 13.0. The number of nitrogens with zero attached hydrogens (tertiary/aromatic N) is 2. The molecular weight excluding hydrogens is 346 g/mol. The van der Waals surface area contributed by atoms with Crippen LogP contribution in [0, 0.1) is 5.92 Å². The van der Waals surface area contributed by atoms with Gasteiger partial charge in [0.2, 0.25) is 11.8 Å². The summed E-state index contributed by atoms with van der Waals surface area (Å²) >= 11 is 0. The van der Waals surface area contributed by atoms with Gasteiger partial charge in [-0.05, 0) is 24.1 Å². The third kappa shape index (κ3) is 5.23. The number of nitrogens with one attached hydrogen (secondary N) is 1. The van der Waals surface area contributed by atoms with E-state index in [4.69, 9.17) is 8.83 Å². The quantitative estimate of drug-likeness (QED) is 0.768. The van der Waals surface area contributed by atoms with Crippen molar-refractivity contribution >= 4 is 11.8 Å². The van der Waals surface area contributed by atoms with Crippen LogP contribution in [0.1, 0.15) is 31.6 Å². The number of carbonyl (C=O) groups excluding carboxylic acids is 2. The van der Waals surface area contributed by atoms with Crippen LogP contribution in [0.25, 0.3) is 0 Å². The summed E-state index contributed by atoms with van der Waals surface area (Å²) in [5, 5.41) is 2.88. The number of carbonyl (C=O) groups is 2. The highest BCUT2D eigenvalue weighted by Crippen LogP contribution is 2.17. The Morgan fingerprint density at radius 2 is 2.22 bits per heavy atom. The van der Waals surface area contributed by atoms with E-state index < -0.39 is 6.04 Å². The van der Waals surface area contributed by atoms with Crippen molar-refractivity contribution in [2.24, 2.45) is 5.92 Å². The first-order valence-electron chi connectivity index (χ1n) is 9.36. The van der Waals surface area contributed by atoms with Gasteiger partial charge in [0.05, 0.1) is 37.8 Å². The number of furan rings is 2. The van der Waals surface area contributed by atoms with E-state index in [-0.39, 0.29) is 18.2 Å². The summed E-state index contributed by atoms with van der Waals surface area (Å²) in [5.74, 6) is 0.929. The lowest BCUT2D eigenvalue weighted by atomic mass is 10.1. The molecule has 1 aliphatic heterocycles. The predicted molar refractivity (Wildman–Crippen MR) is 99.5 cm³/mol.